The molecule has 2 N–H and O–H groups in total. The molecule has 0 spiro atoms. The van der Waals surface area contributed by atoms with Gasteiger partial charge in [0.25, 0.3) is 0 Å². The first-order valence-electron chi connectivity index (χ1n) is 8.47. The summed E-state index contributed by atoms with van der Waals surface area (Å²) in [5.41, 5.74) is 0.585. The van der Waals surface area contributed by atoms with Crippen LogP contribution in [-0.2, 0) is 0 Å². The van der Waals surface area contributed by atoms with Gasteiger partial charge >= 0.3 is 0 Å². The molecule has 0 radical (unpaired) electrons. The van der Waals surface area contributed by atoms with E-state index in [2.05, 4.69) is 66.9 Å². The van der Waals surface area contributed by atoms with E-state index in [4.69, 9.17) is 0 Å². The summed E-state index contributed by atoms with van der Waals surface area (Å²) in [5.74, 6) is 1.55. The van der Waals surface area contributed by atoms with Crippen molar-refractivity contribution in [3.8, 4) is 0 Å². The van der Waals surface area contributed by atoms with Crippen molar-refractivity contribution in [1.82, 2.24) is 10.6 Å². The van der Waals surface area contributed by atoms with Gasteiger partial charge in [0.05, 0.1) is 0 Å². The van der Waals surface area contributed by atoms with Gasteiger partial charge in [0.1, 0.15) is 7.85 Å². The summed E-state index contributed by atoms with van der Waals surface area (Å²) in [7, 11) is 2.30. The van der Waals surface area contributed by atoms with Crippen LogP contribution in [0.2, 0.25) is 5.82 Å². The molecule has 2 unspecified atom stereocenters. The predicted octanol–water partition coefficient (Wildman–Crippen LogP) is 3.24. The van der Waals surface area contributed by atoms with E-state index in [0.29, 0.717) is 5.41 Å². The third kappa shape index (κ3) is 13.0. The highest BCUT2D eigenvalue weighted by molar-refractivity contribution is 6.11. The van der Waals surface area contributed by atoms with Crippen LogP contribution in [0.25, 0.3) is 0 Å². The Balaban J connectivity index is 3.80. The molecule has 0 aliphatic carbocycles. The molecule has 3 heteroatoms. The molecule has 0 fully saturated rings. The lowest BCUT2D eigenvalue weighted by molar-refractivity contribution is 0.257. The minimum atomic E-state index is 0.228. The Morgan fingerprint density at radius 2 is 1.65 bits per heavy atom. The fourth-order valence-electron chi connectivity index (χ4n) is 2.50. The van der Waals surface area contributed by atoms with Gasteiger partial charge in [-0.15, -0.1) is 0 Å². The lowest BCUT2D eigenvalue weighted by atomic mass is 9.85. The molecule has 0 saturated heterocycles. The number of rotatable bonds is 10. The third-order valence-electron chi connectivity index (χ3n) is 3.58. The minimum absolute atomic E-state index is 0.228. The third-order valence-corrected chi connectivity index (χ3v) is 3.58. The number of hydrogen-bond donors (Lipinski definition) is 2. The molecule has 20 heavy (non-hydrogen) atoms. The van der Waals surface area contributed by atoms with Gasteiger partial charge in [0.15, 0.2) is 0 Å². The molecular weight excluding hydrogens is 243 g/mol. The number of hydrogen-bond acceptors (Lipinski definition) is 2. The van der Waals surface area contributed by atoms with E-state index >= 15 is 0 Å². The van der Waals surface area contributed by atoms with Crippen molar-refractivity contribution in [2.24, 2.45) is 11.3 Å². The standard InChI is InChI=1S/C17H39BN2/c1-14(12-19-10-8-9-15(2)18)11-17(6,7)20-13-16(3,4)5/h14-15,19-20H,8-13,18H2,1-7H3. The van der Waals surface area contributed by atoms with E-state index in [1.54, 1.807) is 0 Å². The van der Waals surface area contributed by atoms with Gasteiger partial charge in [-0.25, -0.2) is 0 Å². The topological polar surface area (TPSA) is 24.1 Å². The lowest BCUT2D eigenvalue weighted by Crippen LogP contribution is -2.45. The monoisotopic (exact) mass is 282 g/mol. The zero-order valence-electron chi connectivity index (χ0n) is 15.4. The number of nitrogens with one attached hydrogen (secondary N) is 2. The normalized spacial score (nSPS) is 16.1. The first kappa shape index (κ1) is 20.0. The molecule has 0 bridgehead atoms. The minimum Gasteiger partial charge on any atom is -0.316 e. The van der Waals surface area contributed by atoms with Gasteiger partial charge in [0, 0.05) is 12.1 Å². The Hall–Kier alpha value is -0.0151. The van der Waals surface area contributed by atoms with Crippen LogP contribution in [0.1, 0.15) is 67.7 Å². The Kier molecular flexibility index (Phi) is 9.09. The smallest absolute Gasteiger partial charge is 0.105 e. The maximum absolute atomic E-state index is 3.72. The molecule has 0 aliphatic rings. The van der Waals surface area contributed by atoms with E-state index in [-0.39, 0.29) is 5.54 Å². The zero-order valence-corrected chi connectivity index (χ0v) is 15.4. The summed E-state index contributed by atoms with van der Waals surface area (Å²) < 4.78 is 0. The van der Waals surface area contributed by atoms with Crippen LogP contribution in [0, 0.1) is 11.3 Å². The second-order valence-electron chi connectivity index (χ2n) is 8.85. The van der Waals surface area contributed by atoms with Crippen molar-refractivity contribution in [2.45, 2.75) is 79.1 Å². The van der Waals surface area contributed by atoms with Gasteiger partial charge in [-0.05, 0) is 51.1 Å². The molecule has 2 nitrogen and oxygen atoms in total. The molecule has 0 rings (SSSR count). The summed E-state index contributed by atoms with van der Waals surface area (Å²) in [5, 5.41) is 7.33. The summed E-state index contributed by atoms with van der Waals surface area (Å²) in [6.45, 7) is 19.6. The van der Waals surface area contributed by atoms with Crippen molar-refractivity contribution in [3.05, 3.63) is 0 Å². The Bertz CT molecular complexity index is 244. The molecule has 0 amide bonds. The maximum Gasteiger partial charge on any atom is 0.105 e. The highest BCUT2D eigenvalue weighted by Gasteiger charge is 2.22. The summed E-state index contributed by atoms with van der Waals surface area (Å²) in [6.07, 6.45) is 3.86. The zero-order chi connectivity index (χ0) is 15.8. The van der Waals surface area contributed by atoms with Crippen molar-refractivity contribution >= 4 is 7.85 Å². The van der Waals surface area contributed by atoms with Crippen LogP contribution in [0.3, 0.4) is 0 Å². The maximum atomic E-state index is 3.72. The molecule has 2 atom stereocenters. The van der Waals surface area contributed by atoms with E-state index in [0.717, 1.165) is 24.8 Å². The van der Waals surface area contributed by atoms with Crippen LogP contribution < -0.4 is 10.6 Å². The van der Waals surface area contributed by atoms with Crippen LogP contribution in [0.15, 0.2) is 0 Å². The fraction of sp³-hybridized carbons (Fsp3) is 1.00. The summed E-state index contributed by atoms with van der Waals surface area (Å²) in [6, 6.07) is 0. The van der Waals surface area contributed by atoms with Crippen LogP contribution in [0.5, 0.6) is 0 Å². The molecule has 0 aliphatic heterocycles. The van der Waals surface area contributed by atoms with E-state index in [9.17, 15) is 0 Å². The van der Waals surface area contributed by atoms with Gasteiger partial charge in [-0.2, -0.15) is 0 Å². The molecule has 0 aromatic rings. The first-order valence-corrected chi connectivity index (χ1v) is 8.47. The average Bonchev–Trinajstić information content (AvgIpc) is 2.24. The summed E-state index contributed by atoms with van der Waals surface area (Å²) >= 11 is 0. The fourth-order valence-corrected chi connectivity index (χ4v) is 2.50. The highest BCUT2D eigenvalue weighted by atomic mass is 15.0. The molecule has 0 aromatic heterocycles. The molecule has 0 heterocycles. The summed E-state index contributed by atoms with van der Waals surface area (Å²) in [4.78, 5) is 0. The van der Waals surface area contributed by atoms with Crippen molar-refractivity contribution < 1.29 is 0 Å². The average molecular weight is 282 g/mol. The lowest BCUT2D eigenvalue weighted by Gasteiger charge is -2.33. The Morgan fingerprint density at radius 3 is 2.15 bits per heavy atom. The van der Waals surface area contributed by atoms with Crippen molar-refractivity contribution in [1.29, 1.82) is 0 Å². The molecule has 0 aromatic carbocycles. The highest BCUT2D eigenvalue weighted by Crippen LogP contribution is 2.19. The molecule has 0 saturated carbocycles. The Labute approximate surface area is 129 Å². The van der Waals surface area contributed by atoms with Gasteiger partial charge in [0.2, 0.25) is 0 Å². The SMILES string of the molecule is BC(C)CCCNCC(C)CC(C)(C)NCC(C)(C)C. The first-order chi connectivity index (χ1) is 9.02. The predicted molar refractivity (Wildman–Crippen MR) is 95.4 cm³/mol. The van der Waals surface area contributed by atoms with Crippen molar-refractivity contribution in [2.75, 3.05) is 19.6 Å². The largest absolute Gasteiger partial charge is 0.316 e. The van der Waals surface area contributed by atoms with Gasteiger partial charge in [-0.3, -0.25) is 0 Å². The van der Waals surface area contributed by atoms with E-state index < -0.39 is 0 Å². The molecular formula is C17H39BN2. The second-order valence-corrected chi connectivity index (χ2v) is 8.85. The van der Waals surface area contributed by atoms with E-state index in [1.165, 1.54) is 25.8 Å². The quantitative estimate of drug-likeness (QED) is 0.475. The Morgan fingerprint density at radius 1 is 1.05 bits per heavy atom. The van der Waals surface area contributed by atoms with Crippen LogP contribution in [0.4, 0.5) is 0 Å². The van der Waals surface area contributed by atoms with Crippen LogP contribution in [-0.4, -0.2) is 33.0 Å². The van der Waals surface area contributed by atoms with Crippen molar-refractivity contribution in [3.63, 3.8) is 0 Å². The van der Waals surface area contributed by atoms with Gasteiger partial charge in [-0.1, -0.05) is 46.9 Å². The van der Waals surface area contributed by atoms with Gasteiger partial charge < -0.3 is 10.6 Å². The van der Waals surface area contributed by atoms with Crippen LogP contribution >= 0.6 is 0 Å². The second kappa shape index (κ2) is 9.09. The molecule has 120 valence electrons. The van der Waals surface area contributed by atoms with E-state index in [1.807, 2.05) is 0 Å².